The average Bonchev–Trinajstić information content (AvgIpc) is 2.75. The van der Waals surface area contributed by atoms with Crippen molar-refractivity contribution in [2.45, 2.75) is 69.9 Å². The van der Waals surface area contributed by atoms with Crippen molar-refractivity contribution in [3.8, 4) is 0 Å². The smallest absolute Gasteiger partial charge is 0.227 e. The van der Waals surface area contributed by atoms with Crippen LogP contribution in [-0.2, 0) is 9.53 Å². The Morgan fingerprint density at radius 3 is 2.12 bits per heavy atom. The van der Waals surface area contributed by atoms with Crippen LogP contribution in [0, 0.1) is 5.92 Å². The summed E-state index contributed by atoms with van der Waals surface area (Å²) in [5.41, 5.74) is 0. The maximum Gasteiger partial charge on any atom is 0.227 e. The van der Waals surface area contributed by atoms with Crippen LogP contribution in [-0.4, -0.2) is 85.2 Å². The van der Waals surface area contributed by atoms with E-state index in [9.17, 15) is 4.79 Å². The monoisotopic (exact) mass is 363 g/mol. The Balaban J connectivity index is 1.26. The lowest BCUT2D eigenvalue weighted by Gasteiger charge is -2.43. The average molecular weight is 364 g/mol. The quantitative estimate of drug-likeness (QED) is 0.771. The van der Waals surface area contributed by atoms with Crippen LogP contribution in [0.4, 0.5) is 0 Å². The molecular weight excluding hydrogens is 326 g/mol. The molecule has 1 saturated carbocycles. The predicted octanol–water partition coefficient (Wildman–Crippen LogP) is 2.35. The van der Waals surface area contributed by atoms with Gasteiger partial charge in [0, 0.05) is 58.0 Å². The summed E-state index contributed by atoms with van der Waals surface area (Å²) in [6.07, 6.45) is 11.5. The predicted molar refractivity (Wildman–Crippen MR) is 103 cm³/mol. The summed E-state index contributed by atoms with van der Waals surface area (Å²) in [6.45, 7) is 8.00. The molecule has 0 aromatic carbocycles. The highest BCUT2D eigenvalue weighted by molar-refractivity contribution is 5.79. The second-order valence-electron chi connectivity index (χ2n) is 8.83. The number of piperazine rings is 1. The van der Waals surface area contributed by atoms with E-state index < -0.39 is 0 Å². The Kier molecular flexibility index (Phi) is 6.49. The lowest BCUT2D eigenvalue weighted by atomic mass is 9.89. The van der Waals surface area contributed by atoms with Crippen molar-refractivity contribution in [3.63, 3.8) is 0 Å². The Morgan fingerprint density at radius 2 is 1.38 bits per heavy atom. The molecule has 0 bridgehead atoms. The zero-order chi connectivity index (χ0) is 17.8. The fourth-order valence-electron chi connectivity index (χ4n) is 5.60. The molecule has 0 aromatic rings. The van der Waals surface area contributed by atoms with E-state index in [1.54, 1.807) is 0 Å². The zero-order valence-corrected chi connectivity index (χ0v) is 16.4. The number of hydrogen-bond acceptors (Lipinski definition) is 4. The summed E-state index contributed by atoms with van der Waals surface area (Å²) in [5.74, 6) is 0.692. The van der Waals surface area contributed by atoms with Gasteiger partial charge < -0.3 is 9.64 Å². The summed E-state index contributed by atoms with van der Waals surface area (Å²) < 4.78 is 5.49. The molecule has 5 nitrogen and oxygen atoms in total. The van der Waals surface area contributed by atoms with Crippen LogP contribution in [0.2, 0.25) is 0 Å². The van der Waals surface area contributed by atoms with Crippen LogP contribution in [0.15, 0.2) is 0 Å². The van der Waals surface area contributed by atoms with Gasteiger partial charge in [-0.1, -0.05) is 19.3 Å². The number of carbonyl (C=O) groups excluding carboxylic acids is 1. The normalized spacial score (nSPS) is 31.2. The minimum atomic E-state index is 0.250. The molecule has 3 aliphatic heterocycles. The summed E-state index contributed by atoms with van der Waals surface area (Å²) >= 11 is 0. The lowest BCUT2D eigenvalue weighted by Crippen LogP contribution is -2.55. The molecule has 1 amide bonds. The van der Waals surface area contributed by atoms with Crippen molar-refractivity contribution in [2.24, 2.45) is 5.92 Å². The molecule has 4 aliphatic rings. The minimum absolute atomic E-state index is 0.250. The molecule has 148 valence electrons. The fourth-order valence-corrected chi connectivity index (χ4v) is 5.60. The van der Waals surface area contributed by atoms with E-state index in [4.69, 9.17) is 4.74 Å². The Bertz CT molecular complexity index is 452. The van der Waals surface area contributed by atoms with E-state index >= 15 is 0 Å². The van der Waals surface area contributed by atoms with Crippen LogP contribution in [0.5, 0.6) is 0 Å². The first-order chi connectivity index (χ1) is 12.8. The fraction of sp³-hybridized carbons (Fsp3) is 0.952. The third-order valence-corrected chi connectivity index (χ3v) is 7.23. The minimum Gasteiger partial charge on any atom is -0.381 e. The lowest BCUT2D eigenvalue weighted by molar-refractivity contribution is -0.140. The van der Waals surface area contributed by atoms with Gasteiger partial charge in [0.05, 0.1) is 5.92 Å². The molecule has 1 atom stereocenters. The van der Waals surface area contributed by atoms with Crippen LogP contribution >= 0.6 is 0 Å². The molecule has 4 rings (SSSR count). The van der Waals surface area contributed by atoms with Crippen LogP contribution in [0.25, 0.3) is 0 Å². The second-order valence-corrected chi connectivity index (χ2v) is 8.83. The number of likely N-dealkylation sites (tertiary alicyclic amines) is 1. The first-order valence-electron chi connectivity index (χ1n) is 11.2. The molecule has 1 aliphatic carbocycles. The first-order valence-corrected chi connectivity index (χ1v) is 11.2. The molecule has 0 N–H and O–H groups in total. The van der Waals surface area contributed by atoms with E-state index in [0.29, 0.717) is 11.9 Å². The highest BCUT2D eigenvalue weighted by Crippen LogP contribution is 2.28. The van der Waals surface area contributed by atoms with E-state index in [-0.39, 0.29) is 5.92 Å². The number of hydrogen-bond donors (Lipinski definition) is 0. The summed E-state index contributed by atoms with van der Waals surface area (Å²) in [6, 6.07) is 1.43. The summed E-state index contributed by atoms with van der Waals surface area (Å²) in [7, 11) is 0. The molecule has 0 unspecified atom stereocenters. The maximum absolute atomic E-state index is 13.1. The van der Waals surface area contributed by atoms with Crippen molar-refractivity contribution < 1.29 is 9.53 Å². The van der Waals surface area contributed by atoms with Crippen LogP contribution in [0.1, 0.15) is 57.8 Å². The third kappa shape index (κ3) is 4.42. The van der Waals surface area contributed by atoms with Gasteiger partial charge in [0.2, 0.25) is 5.91 Å². The van der Waals surface area contributed by atoms with Crippen molar-refractivity contribution in [1.82, 2.24) is 14.7 Å². The van der Waals surface area contributed by atoms with Crippen LogP contribution in [0.3, 0.4) is 0 Å². The summed E-state index contributed by atoms with van der Waals surface area (Å²) in [5, 5.41) is 0. The van der Waals surface area contributed by atoms with Gasteiger partial charge in [-0.05, 0) is 45.1 Å². The van der Waals surface area contributed by atoms with Gasteiger partial charge in [-0.15, -0.1) is 0 Å². The Hall–Kier alpha value is -0.650. The second kappa shape index (κ2) is 9.03. The van der Waals surface area contributed by atoms with Gasteiger partial charge >= 0.3 is 0 Å². The molecule has 3 heterocycles. The number of nitrogens with zero attached hydrogens (tertiary/aromatic N) is 3. The van der Waals surface area contributed by atoms with Gasteiger partial charge in [-0.3, -0.25) is 14.6 Å². The van der Waals surface area contributed by atoms with Crippen molar-refractivity contribution in [1.29, 1.82) is 0 Å². The third-order valence-electron chi connectivity index (χ3n) is 7.23. The topological polar surface area (TPSA) is 36.0 Å². The SMILES string of the molecule is O=C([C@@H]1CCCN(C2CCCCC2)C1)N1CCN(C2CCOCC2)CC1. The van der Waals surface area contributed by atoms with Crippen molar-refractivity contribution in [3.05, 3.63) is 0 Å². The molecule has 4 fully saturated rings. The molecule has 0 radical (unpaired) electrons. The molecule has 26 heavy (non-hydrogen) atoms. The van der Waals surface area contributed by atoms with Gasteiger partial charge in [-0.25, -0.2) is 0 Å². The zero-order valence-electron chi connectivity index (χ0n) is 16.4. The van der Waals surface area contributed by atoms with E-state index in [2.05, 4.69) is 14.7 Å². The highest BCUT2D eigenvalue weighted by Gasteiger charge is 2.34. The molecular formula is C21H37N3O2. The number of amides is 1. The molecule has 0 aromatic heterocycles. The van der Waals surface area contributed by atoms with Crippen molar-refractivity contribution in [2.75, 3.05) is 52.5 Å². The van der Waals surface area contributed by atoms with Gasteiger partial charge in [0.1, 0.15) is 0 Å². The standard InChI is InChI=1S/C21H37N3O2/c25-21(18-5-4-10-24(17-18)19-6-2-1-3-7-19)23-13-11-22(12-14-23)20-8-15-26-16-9-20/h18-20H,1-17H2/t18-/m1/s1. The van der Waals surface area contributed by atoms with Crippen LogP contribution < -0.4 is 0 Å². The number of ether oxygens (including phenoxy) is 1. The van der Waals surface area contributed by atoms with Gasteiger partial charge in [0.15, 0.2) is 0 Å². The summed E-state index contributed by atoms with van der Waals surface area (Å²) in [4.78, 5) is 20.6. The highest BCUT2D eigenvalue weighted by atomic mass is 16.5. The molecule has 3 saturated heterocycles. The molecule has 0 spiro atoms. The van der Waals surface area contributed by atoms with Crippen molar-refractivity contribution >= 4 is 5.91 Å². The number of carbonyl (C=O) groups is 1. The first kappa shape index (κ1) is 18.7. The van der Waals surface area contributed by atoms with E-state index in [1.165, 1.54) is 45.1 Å². The Labute approximate surface area is 159 Å². The van der Waals surface area contributed by atoms with E-state index in [0.717, 1.165) is 71.2 Å². The Morgan fingerprint density at radius 1 is 0.692 bits per heavy atom. The largest absolute Gasteiger partial charge is 0.381 e. The number of rotatable bonds is 3. The van der Waals surface area contributed by atoms with Gasteiger partial charge in [0.25, 0.3) is 0 Å². The van der Waals surface area contributed by atoms with Gasteiger partial charge in [-0.2, -0.15) is 0 Å². The number of piperidine rings is 1. The molecule has 5 heteroatoms. The maximum atomic E-state index is 13.1. The van der Waals surface area contributed by atoms with E-state index in [1.807, 2.05) is 0 Å².